The van der Waals surface area contributed by atoms with Crippen LogP contribution in [0.25, 0.3) is 22.3 Å². The van der Waals surface area contributed by atoms with Gasteiger partial charge in [-0.3, -0.25) is 4.68 Å². The van der Waals surface area contributed by atoms with Crippen LogP contribution in [0.3, 0.4) is 0 Å². The van der Waals surface area contributed by atoms with Gasteiger partial charge in [0.1, 0.15) is 0 Å². The van der Waals surface area contributed by atoms with Crippen LogP contribution in [0.4, 0.5) is 8.78 Å². The number of halogens is 2. The number of alkyl halides is 2. The fraction of sp³-hybridized carbons (Fsp3) is 0.400. The molecule has 0 unspecified atom stereocenters. The summed E-state index contributed by atoms with van der Waals surface area (Å²) in [6.45, 7) is 7.03. The highest BCUT2D eigenvalue weighted by molar-refractivity contribution is 5.82. The Morgan fingerprint density at radius 3 is 2.59 bits per heavy atom. The summed E-state index contributed by atoms with van der Waals surface area (Å²) in [7, 11) is 0. The summed E-state index contributed by atoms with van der Waals surface area (Å²) in [6, 6.07) is 1.44. The summed E-state index contributed by atoms with van der Waals surface area (Å²) in [5.74, 6) is 0. The molecule has 22 heavy (non-hydrogen) atoms. The van der Waals surface area contributed by atoms with Gasteiger partial charge in [-0.2, -0.15) is 10.2 Å². The van der Waals surface area contributed by atoms with E-state index in [4.69, 9.17) is 0 Å². The summed E-state index contributed by atoms with van der Waals surface area (Å²) in [5.41, 5.74) is 2.50. The molecule has 0 spiro atoms. The van der Waals surface area contributed by atoms with Crippen LogP contribution in [0.2, 0.25) is 0 Å². The van der Waals surface area contributed by atoms with E-state index in [1.165, 1.54) is 12.3 Å². The lowest BCUT2D eigenvalue weighted by molar-refractivity contribution is 0.153. The predicted octanol–water partition coefficient (Wildman–Crippen LogP) is 3.58. The van der Waals surface area contributed by atoms with Crippen molar-refractivity contribution in [2.45, 2.75) is 40.3 Å². The average Bonchev–Trinajstić information content (AvgIpc) is 3.08. The maximum atomic E-state index is 13.4. The third-order valence-corrected chi connectivity index (χ3v) is 3.72. The topological polar surface area (TPSA) is 48.5 Å². The van der Waals surface area contributed by atoms with E-state index in [0.29, 0.717) is 23.3 Å². The van der Waals surface area contributed by atoms with E-state index >= 15 is 0 Å². The summed E-state index contributed by atoms with van der Waals surface area (Å²) >= 11 is 0. The Kier molecular flexibility index (Phi) is 3.64. The molecule has 0 aliphatic rings. The number of fused-ring (bicyclic) bond motifs is 1. The van der Waals surface area contributed by atoms with Crippen molar-refractivity contribution < 1.29 is 8.78 Å². The molecule has 7 heteroatoms. The molecule has 0 N–H and O–H groups in total. The van der Waals surface area contributed by atoms with E-state index in [9.17, 15) is 8.78 Å². The second kappa shape index (κ2) is 5.47. The predicted molar refractivity (Wildman–Crippen MR) is 79.8 cm³/mol. The molecule has 5 nitrogen and oxygen atoms in total. The van der Waals surface area contributed by atoms with Crippen molar-refractivity contribution in [2.75, 3.05) is 0 Å². The van der Waals surface area contributed by atoms with Crippen molar-refractivity contribution in [3.63, 3.8) is 0 Å². The zero-order chi connectivity index (χ0) is 15.9. The molecule has 3 rings (SSSR count). The molecular formula is C15H17F2N5. The lowest BCUT2D eigenvalue weighted by Crippen LogP contribution is -2.00. The van der Waals surface area contributed by atoms with E-state index in [1.54, 1.807) is 9.36 Å². The van der Waals surface area contributed by atoms with Gasteiger partial charge in [-0.05, 0) is 26.8 Å². The minimum absolute atomic E-state index is 0.0386. The normalized spacial score (nSPS) is 11.7. The first-order valence-corrected chi connectivity index (χ1v) is 7.24. The SMILES string of the molecule is CCn1cc(-c2cc(C(F)F)c3cnn(CC)c3n2)c(C)n1. The average molecular weight is 305 g/mol. The molecule has 0 atom stereocenters. The number of aryl methyl sites for hydroxylation is 3. The van der Waals surface area contributed by atoms with Gasteiger partial charge in [-0.25, -0.2) is 18.4 Å². The first kappa shape index (κ1) is 14.6. The standard InChI is InChI=1S/C15H17F2N5/c1-4-21-8-12(9(3)20-21)13-6-10(14(16)17)11-7-18-22(5-2)15(11)19-13/h6-8,14H,4-5H2,1-3H3. The molecule has 3 aromatic heterocycles. The van der Waals surface area contributed by atoms with Crippen molar-refractivity contribution in [3.05, 3.63) is 29.7 Å². The molecule has 116 valence electrons. The molecule has 0 saturated heterocycles. The Bertz CT molecular complexity index is 819. The maximum absolute atomic E-state index is 13.4. The van der Waals surface area contributed by atoms with Crippen molar-refractivity contribution in [1.82, 2.24) is 24.5 Å². The van der Waals surface area contributed by atoms with Gasteiger partial charge >= 0.3 is 0 Å². The molecule has 3 aromatic rings. The monoisotopic (exact) mass is 305 g/mol. The van der Waals surface area contributed by atoms with Gasteiger partial charge in [0.25, 0.3) is 6.43 Å². The van der Waals surface area contributed by atoms with Crippen LogP contribution in [-0.2, 0) is 13.1 Å². The number of aromatic nitrogens is 5. The molecule has 0 fully saturated rings. The second-order valence-corrected chi connectivity index (χ2v) is 5.08. The molecule has 0 aromatic carbocycles. The molecule has 3 heterocycles. The van der Waals surface area contributed by atoms with Crippen LogP contribution in [0, 0.1) is 6.92 Å². The highest BCUT2D eigenvalue weighted by atomic mass is 19.3. The van der Waals surface area contributed by atoms with Crippen molar-refractivity contribution in [3.8, 4) is 11.3 Å². The number of nitrogens with zero attached hydrogens (tertiary/aromatic N) is 5. The minimum atomic E-state index is -2.57. The Morgan fingerprint density at radius 1 is 1.23 bits per heavy atom. The smallest absolute Gasteiger partial charge is 0.264 e. The van der Waals surface area contributed by atoms with Crippen LogP contribution in [0.15, 0.2) is 18.5 Å². The second-order valence-electron chi connectivity index (χ2n) is 5.08. The molecule has 0 radical (unpaired) electrons. The fourth-order valence-corrected chi connectivity index (χ4v) is 2.55. The largest absolute Gasteiger partial charge is 0.272 e. The van der Waals surface area contributed by atoms with E-state index in [0.717, 1.165) is 17.8 Å². The molecule has 0 aliphatic heterocycles. The van der Waals surface area contributed by atoms with E-state index < -0.39 is 6.43 Å². The Hall–Kier alpha value is -2.31. The molecular weight excluding hydrogens is 288 g/mol. The van der Waals surface area contributed by atoms with E-state index in [-0.39, 0.29) is 5.56 Å². The summed E-state index contributed by atoms with van der Waals surface area (Å²) in [6.07, 6.45) is 0.727. The number of rotatable bonds is 4. The Morgan fingerprint density at radius 2 is 2.00 bits per heavy atom. The van der Waals surface area contributed by atoms with Crippen LogP contribution in [-0.4, -0.2) is 24.5 Å². The van der Waals surface area contributed by atoms with E-state index in [2.05, 4.69) is 15.2 Å². The minimum Gasteiger partial charge on any atom is -0.272 e. The van der Waals surface area contributed by atoms with Gasteiger partial charge in [0.2, 0.25) is 0 Å². The third kappa shape index (κ3) is 2.26. The summed E-state index contributed by atoms with van der Waals surface area (Å²) < 4.78 is 30.2. The van der Waals surface area contributed by atoms with Gasteiger partial charge in [-0.15, -0.1) is 0 Å². The molecule has 0 saturated carbocycles. The number of hydrogen-bond donors (Lipinski definition) is 0. The highest BCUT2D eigenvalue weighted by Gasteiger charge is 2.19. The number of hydrogen-bond acceptors (Lipinski definition) is 3. The zero-order valence-corrected chi connectivity index (χ0v) is 12.7. The van der Waals surface area contributed by atoms with Crippen LogP contribution < -0.4 is 0 Å². The van der Waals surface area contributed by atoms with Gasteiger partial charge in [0, 0.05) is 35.8 Å². The number of pyridine rings is 1. The lowest BCUT2D eigenvalue weighted by atomic mass is 10.1. The quantitative estimate of drug-likeness (QED) is 0.740. The van der Waals surface area contributed by atoms with Crippen molar-refractivity contribution in [1.29, 1.82) is 0 Å². The van der Waals surface area contributed by atoms with Crippen LogP contribution in [0.5, 0.6) is 0 Å². The maximum Gasteiger partial charge on any atom is 0.264 e. The molecule has 0 aliphatic carbocycles. The fourth-order valence-electron chi connectivity index (χ4n) is 2.55. The van der Waals surface area contributed by atoms with Crippen LogP contribution >= 0.6 is 0 Å². The molecule has 0 amide bonds. The highest BCUT2D eigenvalue weighted by Crippen LogP contribution is 2.32. The van der Waals surface area contributed by atoms with Crippen molar-refractivity contribution in [2.24, 2.45) is 0 Å². The van der Waals surface area contributed by atoms with Gasteiger partial charge in [0.05, 0.1) is 17.6 Å². The first-order valence-electron chi connectivity index (χ1n) is 7.24. The summed E-state index contributed by atoms with van der Waals surface area (Å²) in [5, 5.41) is 8.90. The summed E-state index contributed by atoms with van der Waals surface area (Å²) in [4.78, 5) is 4.54. The molecule has 0 bridgehead atoms. The van der Waals surface area contributed by atoms with Gasteiger partial charge < -0.3 is 0 Å². The van der Waals surface area contributed by atoms with Crippen molar-refractivity contribution >= 4 is 11.0 Å². The Balaban J connectivity index is 2.27. The van der Waals surface area contributed by atoms with Gasteiger partial charge in [-0.1, -0.05) is 0 Å². The zero-order valence-electron chi connectivity index (χ0n) is 12.7. The van der Waals surface area contributed by atoms with Crippen LogP contribution in [0.1, 0.15) is 31.5 Å². The third-order valence-electron chi connectivity index (χ3n) is 3.72. The Labute approximate surface area is 126 Å². The van der Waals surface area contributed by atoms with Gasteiger partial charge in [0.15, 0.2) is 5.65 Å². The van der Waals surface area contributed by atoms with E-state index in [1.807, 2.05) is 27.0 Å². The lowest BCUT2D eigenvalue weighted by Gasteiger charge is -2.07. The first-order chi connectivity index (χ1) is 10.5.